The maximum atomic E-state index is 13.3. The van der Waals surface area contributed by atoms with Crippen LogP contribution in [0.15, 0.2) is 53.4 Å². The van der Waals surface area contributed by atoms with E-state index in [0.29, 0.717) is 12.1 Å². The van der Waals surface area contributed by atoms with Gasteiger partial charge in [0.05, 0.1) is 43.3 Å². The van der Waals surface area contributed by atoms with Crippen LogP contribution in [-0.4, -0.2) is 58.5 Å². The van der Waals surface area contributed by atoms with E-state index in [2.05, 4.69) is 6.92 Å². The third-order valence-corrected chi connectivity index (χ3v) is 7.95. The van der Waals surface area contributed by atoms with Crippen LogP contribution in [0.5, 0.6) is 0 Å². The van der Waals surface area contributed by atoms with Gasteiger partial charge in [-0.2, -0.15) is 0 Å². The molecule has 2 aromatic rings. The Balaban J connectivity index is 1.49. The summed E-state index contributed by atoms with van der Waals surface area (Å²) >= 11 is 0. The molecule has 2 aliphatic rings. The van der Waals surface area contributed by atoms with Gasteiger partial charge in [0.1, 0.15) is 0 Å². The van der Waals surface area contributed by atoms with Crippen molar-refractivity contribution in [2.45, 2.75) is 31.1 Å². The molecule has 2 aliphatic heterocycles. The normalized spacial score (nSPS) is 17.6. The number of hydrogen-bond donors (Lipinski definition) is 1. The van der Waals surface area contributed by atoms with Gasteiger partial charge >= 0.3 is 0 Å². The summed E-state index contributed by atoms with van der Waals surface area (Å²) in [6.07, 6.45) is 2.85. The second kappa shape index (κ2) is 8.78. The molecule has 0 spiro atoms. The van der Waals surface area contributed by atoms with Crippen LogP contribution < -0.4 is 9.21 Å². The number of aryl methyl sites for hydroxylation is 1. The molecule has 0 saturated carbocycles. The Morgan fingerprint density at radius 2 is 1.70 bits per heavy atom. The van der Waals surface area contributed by atoms with Gasteiger partial charge in [-0.1, -0.05) is 25.1 Å². The first-order valence-electron chi connectivity index (χ1n) is 10.8. The minimum Gasteiger partial charge on any atom is -0.332 e. The average Bonchev–Trinajstić information content (AvgIpc) is 2.79. The van der Waals surface area contributed by atoms with E-state index in [1.54, 1.807) is 29.2 Å². The monoisotopic (exact) mass is 428 g/mol. The highest BCUT2D eigenvalue weighted by Gasteiger charge is 2.29. The number of nitrogens with zero attached hydrogens (tertiary/aromatic N) is 2. The van der Waals surface area contributed by atoms with Crippen LogP contribution >= 0.6 is 0 Å². The van der Waals surface area contributed by atoms with Crippen LogP contribution in [-0.2, 0) is 16.4 Å². The number of benzene rings is 2. The molecule has 0 bridgehead atoms. The summed E-state index contributed by atoms with van der Waals surface area (Å²) in [6, 6.07) is 14.1. The molecule has 2 aromatic carbocycles. The van der Waals surface area contributed by atoms with Gasteiger partial charge in [-0.15, -0.1) is 0 Å². The lowest BCUT2D eigenvalue weighted by molar-refractivity contribution is -0.904. The summed E-state index contributed by atoms with van der Waals surface area (Å²) in [4.78, 5) is 16.5. The fourth-order valence-electron chi connectivity index (χ4n) is 4.46. The number of sulfonamides is 1. The van der Waals surface area contributed by atoms with Gasteiger partial charge in [-0.25, -0.2) is 8.42 Å². The molecule has 0 atom stereocenters. The second-order valence-corrected chi connectivity index (χ2v) is 9.99. The molecule has 160 valence electrons. The molecule has 1 fully saturated rings. The first-order valence-corrected chi connectivity index (χ1v) is 12.3. The number of quaternary nitrogens is 1. The smallest absolute Gasteiger partial charge is 0.264 e. The number of carbonyl (C=O) groups excluding carboxylic acids is 1. The van der Waals surface area contributed by atoms with Crippen molar-refractivity contribution in [1.29, 1.82) is 0 Å². The van der Waals surface area contributed by atoms with Gasteiger partial charge in [0.25, 0.3) is 15.9 Å². The van der Waals surface area contributed by atoms with Gasteiger partial charge in [0, 0.05) is 12.1 Å². The Bertz CT molecular complexity index is 997. The Morgan fingerprint density at radius 3 is 2.40 bits per heavy atom. The predicted octanol–water partition coefficient (Wildman–Crippen LogP) is 1.58. The highest BCUT2D eigenvalue weighted by Crippen LogP contribution is 2.31. The van der Waals surface area contributed by atoms with Crippen LogP contribution in [0.1, 0.15) is 35.7 Å². The zero-order valence-electron chi connectivity index (χ0n) is 17.5. The Hall–Kier alpha value is -2.38. The van der Waals surface area contributed by atoms with Gasteiger partial charge in [0.15, 0.2) is 0 Å². The van der Waals surface area contributed by atoms with Gasteiger partial charge in [-0.3, -0.25) is 9.10 Å². The molecule has 6 nitrogen and oxygen atoms in total. The van der Waals surface area contributed by atoms with E-state index in [1.807, 2.05) is 29.2 Å². The lowest BCUT2D eigenvalue weighted by atomic mass is 10.0. The summed E-state index contributed by atoms with van der Waals surface area (Å²) in [5.74, 6) is -0.0159. The first-order chi connectivity index (χ1) is 14.5. The molecular weight excluding hydrogens is 398 g/mol. The maximum Gasteiger partial charge on any atom is 0.264 e. The molecule has 2 heterocycles. The van der Waals surface area contributed by atoms with Gasteiger partial charge < -0.3 is 9.80 Å². The number of anilines is 1. The molecule has 0 aliphatic carbocycles. The van der Waals surface area contributed by atoms with E-state index >= 15 is 0 Å². The number of para-hydroxylation sites is 1. The van der Waals surface area contributed by atoms with E-state index in [1.165, 1.54) is 4.31 Å². The molecule has 30 heavy (non-hydrogen) atoms. The van der Waals surface area contributed by atoms with Gasteiger partial charge in [-0.05, 0) is 55.2 Å². The standard InChI is InChI=1S/C23H29N3O3S/c1-2-13-24-15-17-25(18-16-24)23(27)20-9-11-21(12-10-20)30(28,29)26-14-5-7-19-6-3-4-8-22(19)26/h3-4,6,8-12H,2,5,7,13-18H2,1H3/p+1. The molecule has 0 aromatic heterocycles. The lowest BCUT2D eigenvalue weighted by Crippen LogP contribution is -3.14. The van der Waals surface area contributed by atoms with E-state index in [0.717, 1.165) is 63.2 Å². The van der Waals surface area contributed by atoms with Crippen LogP contribution in [0.4, 0.5) is 5.69 Å². The first kappa shape index (κ1) is 20.9. The summed E-state index contributed by atoms with van der Waals surface area (Å²) in [5, 5.41) is 0. The minimum absolute atomic E-state index is 0.0159. The molecule has 4 rings (SSSR count). The zero-order chi connectivity index (χ0) is 21.1. The molecule has 1 N–H and O–H groups in total. The van der Waals surface area contributed by atoms with Crippen LogP contribution in [0.25, 0.3) is 0 Å². The second-order valence-electron chi connectivity index (χ2n) is 8.13. The molecule has 0 unspecified atom stereocenters. The van der Waals surface area contributed by atoms with E-state index in [-0.39, 0.29) is 10.8 Å². The van der Waals surface area contributed by atoms with Crippen molar-refractivity contribution >= 4 is 21.6 Å². The highest BCUT2D eigenvalue weighted by atomic mass is 32.2. The van der Waals surface area contributed by atoms with Crippen molar-refractivity contribution < 1.29 is 18.1 Å². The van der Waals surface area contributed by atoms with Crippen LogP contribution in [0.3, 0.4) is 0 Å². The summed E-state index contributed by atoms with van der Waals surface area (Å²) < 4.78 is 28.0. The van der Waals surface area contributed by atoms with Crippen molar-refractivity contribution in [2.75, 3.05) is 43.6 Å². The molecular formula is C23H30N3O3S+. The number of carbonyl (C=O) groups is 1. The van der Waals surface area contributed by atoms with Crippen LogP contribution in [0.2, 0.25) is 0 Å². The third-order valence-electron chi connectivity index (χ3n) is 6.12. The summed E-state index contributed by atoms with van der Waals surface area (Å²) in [6.45, 7) is 7.25. The number of amides is 1. The van der Waals surface area contributed by atoms with Crippen molar-refractivity contribution in [3.63, 3.8) is 0 Å². The fraction of sp³-hybridized carbons (Fsp3) is 0.435. The van der Waals surface area contributed by atoms with E-state index < -0.39 is 10.0 Å². The predicted molar refractivity (Wildman–Crippen MR) is 117 cm³/mol. The Kier molecular flexibility index (Phi) is 6.11. The van der Waals surface area contributed by atoms with Crippen molar-refractivity contribution in [3.8, 4) is 0 Å². The number of piperazine rings is 1. The van der Waals surface area contributed by atoms with E-state index in [9.17, 15) is 13.2 Å². The minimum atomic E-state index is -3.65. The quantitative estimate of drug-likeness (QED) is 0.787. The van der Waals surface area contributed by atoms with Crippen molar-refractivity contribution in [2.24, 2.45) is 0 Å². The topological polar surface area (TPSA) is 62.1 Å². The van der Waals surface area contributed by atoms with E-state index in [4.69, 9.17) is 0 Å². The number of hydrogen-bond acceptors (Lipinski definition) is 3. The van der Waals surface area contributed by atoms with Crippen LogP contribution in [0, 0.1) is 0 Å². The average molecular weight is 429 g/mol. The zero-order valence-corrected chi connectivity index (χ0v) is 18.3. The molecule has 1 amide bonds. The number of nitrogens with one attached hydrogen (secondary N) is 1. The lowest BCUT2D eigenvalue weighted by Gasteiger charge is -2.32. The largest absolute Gasteiger partial charge is 0.332 e. The summed E-state index contributed by atoms with van der Waals surface area (Å²) in [5.41, 5.74) is 2.37. The highest BCUT2D eigenvalue weighted by molar-refractivity contribution is 7.92. The fourth-order valence-corrected chi connectivity index (χ4v) is 6.00. The molecule has 0 radical (unpaired) electrons. The summed E-state index contributed by atoms with van der Waals surface area (Å²) in [7, 11) is -3.65. The van der Waals surface area contributed by atoms with Crippen molar-refractivity contribution in [3.05, 3.63) is 59.7 Å². The molecule has 1 saturated heterocycles. The Morgan fingerprint density at radius 1 is 1.00 bits per heavy atom. The number of fused-ring (bicyclic) bond motifs is 1. The molecule has 7 heteroatoms. The Labute approximate surface area is 179 Å². The van der Waals surface area contributed by atoms with Crippen molar-refractivity contribution in [1.82, 2.24) is 4.90 Å². The number of rotatable bonds is 5. The maximum absolute atomic E-state index is 13.3. The third kappa shape index (κ3) is 4.09. The van der Waals surface area contributed by atoms with Gasteiger partial charge in [0.2, 0.25) is 0 Å². The SMILES string of the molecule is CCC[NH+]1CCN(C(=O)c2ccc(S(=O)(=O)N3CCCc4ccccc43)cc2)CC1.